The Hall–Kier alpha value is -0.514. The van der Waals surface area contributed by atoms with E-state index in [1.54, 1.807) is 8.79 Å². The molecule has 0 radical (unpaired) electrons. The van der Waals surface area contributed by atoms with Crippen LogP contribution in [0.3, 0.4) is 0 Å². The van der Waals surface area contributed by atoms with Crippen molar-refractivity contribution in [2.24, 2.45) is 0 Å². The van der Waals surface area contributed by atoms with Gasteiger partial charge in [0.1, 0.15) is 0 Å². The van der Waals surface area contributed by atoms with Crippen molar-refractivity contribution in [3.05, 3.63) is 60.7 Å². The summed E-state index contributed by atoms with van der Waals surface area (Å²) in [5, 5.41) is 1.42. The van der Waals surface area contributed by atoms with E-state index in [-0.39, 0.29) is 5.60 Å². The minimum atomic E-state index is -3.23. The van der Waals surface area contributed by atoms with Gasteiger partial charge >= 0.3 is 190 Å². The summed E-state index contributed by atoms with van der Waals surface area (Å²) < 4.78 is 11.6. The van der Waals surface area contributed by atoms with Gasteiger partial charge in [0.15, 0.2) is 0 Å². The third-order valence-electron chi connectivity index (χ3n) is 8.14. The van der Waals surface area contributed by atoms with Gasteiger partial charge < -0.3 is 0 Å². The molecule has 1 fully saturated rings. The SMILES string of the molecule is CCC1(CC)C[CH2][Ge]([C](C)(C)C)([C](C)(C)C)[Ge]([c]2ccccc2)([c]2ccccc2)[O]1. The zero-order chi connectivity index (χ0) is 22.3. The van der Waals surface area contributed by atoms with Crippen molar-refractivity contribution in [2.45, 2.75) is 94.0 Å². The molecule has 2 aromatic carbocycles. The first-order valence-electron chi connectivity index (χ1n) is 11.8. The molecular formula is C27H42Ge2O. The van der Waals surface area contributed by atoms with E-state index < -0.39 is 22.9 Å². The van der Waals surface area contributed by atoms with E-state index in [0.717, 1.165) is 12.8 Å². The number of hydrogen-bond acceptors (Lipinski definition) is 1. The molecule has 3 heteroatoms. The van der Waals surface area contributed by atoms with Crippen LogP contribution in [-0.4, -0.2) is 28.5 Å². The monoisotopic (exact) mass is 530 g/mol. The van der Waals surface area contributed by atoms with Crippen molar-refractivity contribution in [3.8, 4) is 0 Å². The fourth-order valence-corrected chi connectivity index (χ4v) is 77.1. The van der Waals surface area contributed by atoms with Crippen molar-refractivity contribution in [3.63, 3.8) is 0 Å². The molecule has 2 aromatic rings. The fourth-order valence-electron chi connectivity index (χ4n) is 6.86. The van der Waals surface area contributed by atoms with E-state index in [0.29, 0.717) is 8.49 Å². The van der Waals surface area contributed by atoms with Crippen LogP contribution in [0.5, 0.6) is 0 Å². The molecule has 1 aliphatic rings. The van der Waals surface area contributed by atoms with Gasteiger partial charge in [-0.15, -0.1) is 0 Å². The second-order valence-corrected chi connectivity index (χ2v) is 45.1. The Bertz CT molecular complexity index is 773. The molecule has 3 rings (SSSR count). The van der Waals surface area contributed by atoms with Gasteiger partial charge in [0.25, 0.3) is 0 Å². The Balaban J connectivity index is 2.50. The minimum absolute atomic E-state index is 0.0247. The Labute approximate surface area is 189 Å². The molecule has 0 bridgehead atoms. The van der Waals surface area contributed by atoms with E-state index in [9.17, 15) is 0 Å². The van der Waals surface area contributed by atoms with E-state index in [2.05, 4.69) is 116 Å². The predicted octanol–water partition coefficient (Wildman–Crippen LogP) is 6.85. The maximum absolute atomic E-state index is 7.87. The molecule has 30 heavy (non-hydrogen) atoms. The van der Waals surface area contributed by atoms with Crippen LogP contribution in [-0.2, 0) is 3.76 Å². The van der Waals surface area contributed by atoms with Crippen LogP contribution in [0.1, 0.15) is 74.7 Å². The van der Waals surface area contributed by atoms with E-state index in [1.165, 1.54) is 11.7 Å². The molecule has 0 atom stereocenters. The van der Waals surface area contributed by atoms with Gasteiger partial charge in [0.2, 0.25) is 0 Å². The van der Waals surface area contributed by atoms with Crippen molar-refractivity contribution in [2.75, 3.05) is 0 Å². The summed E-state index contributed by atoms with van der Waals surface area (Å²) in [6.07, 6.45) is 3.47. The zero-order valence-corrected chi connectivity index (χ0v) is 24.7. The van der Waals surface area contributed by atoms with Crippen molar-refractivity contribution >= 4 is 31.7 Å². The Morgan fingerprint density at radius 1 is 0.733 bits per heavy atom. The summed E-state index contributed by atoms with van der Waals surface area (Å²) in [4.78, 5) is 0. The molecule has 0 aromatic heterocycles. The molecule has 0 unspecified atom stereocenters. The summed E-state index contributed by atoms with van der Waals surface area (Å²) >= 11 is -5.96. The quantitative estimate of drug-likeness (QED) is 0.395. The van der Waals surface area contributed by atoms with Crippen LogP contribution >= 0.6 is 0 Å². The second-order valence-electron chi connectivity index (χ2n) is 11.3. The third kappa shape index (κ3) is 3.57. The molecule has 0 aliphatic carbocycles. The molecule has 1 saturated heterocycles. The first-order chi connectivity index (χ1) is 14.0. The number of benzene rings is 2. The molecule has 0 spiro atoms. The Kier molecular flexibility index (Phi) is 6.79. The van der Waals surface area contributed by atoms with Gasteiger partial charge in [-0.1, -0.05) is 0 Å². The van der Waals surface area contributed by atoms with E-state index in [4.69, 9.17) is 3.76 Å². The average Bonchev–Trinajstić information content (AvgIpc) is 2.72. The van der Waals surface area contributed by atoms with Gasteiger partial charge in [0, 0.05) is 0 Å². The van der Waals surface area contributed by atoms with Crippen LogP contribution in [0.15, 0.2) is 60.7 Å². The van der Waals surface area contributed by atoms with Crippen LogP contribution in [0, 0.1) is 0 Å². The molecular weight excluding hydrogens is 486 g/mol. The zero-order valence-electron chi connectivity index (χ0n) is 20.5. The molecule has 0 saturated carbocycles. The van der Waals surface area contributed by atoms with Gasteiger partial charge in [-0.2, -0.15) is 0 Å². The van der Waals surface area contributed by atoms with Crippen molar-refractivity contribution in [1.82, 2.24) is 0 Å². The van der Waals surface area contributed by atoms with E-state index in [1.807, 2.05) is 0 Å². The normalized spacial score (nSPS) is 20.7. The Morgan fingerprint density at radius 3 is 1.47 bits per heavy atom. The summed E-state index contributed by atoms with van der Waals surface area (Å²) in [5.41, 5.74) is 0.0247. The van der Waals surface area contributed by atoms with Crippen LogP contribution in [0.2, 0.25) is 13.7 Å². The summed E-state index contributed by atoms with van der Waals surface area (Å²) in [6.45, 7) is 20.0. The first kappa shape index (κ1) is 24.1. The second kappa shape index (κ2) is 8.44. The van der Waals surface area contributed by atoms with Crippen LogP contribution in [0.25, 0.3) is 0 Å². The van der Waals surface area contributed by atoms with Gasteiger partial charge in [-0.05, 0) is 0 Å². The molecule has 1 aliphatic heterocycles. The first-order valence-corrected chi connectivity index (χ1v) is 24.8. The predicted molar refractivity (Wildman–Crippen MR) is 137 cm³/mol. The molecule has 164 valence electrons. The third-order valence-corrected chi connectivity index (χ3v) is 69.5. The average molecular weight is 528 g/mol. The van der Waals surface area contributed by atoms with Crippen LogP contribution < -0.4 is 8.79 Å². The number of rotatable bonds is 4. The summed E-state index contributed by atoms with van der Waals surface area (Å²) in [7, 11) is 0. The Morgan fingerprint density at radius 2 is 1.13 bits per heavy atom. The molecule has 1 nitrogen and oxygen atoms in total. The molecule has 0 N–H and O–H groups in total. The maximum atomic E-state index is 7.87. The standard InChI is InChI=1S/C27H42Ge2O/c1-9-27(10-2)21-22-28(25(3,4)5,26(6,7)8)29(30-27,23-17-13-11-14-18-23)24-19-15-12-16-20-24/h11-20H,9-10,21-22H2,1-8H3. The van der Waals surface area contributed by atoms with Gasteiger partial charge in [-0.25, -0.2) is 0 Å². The molecule has 1 heterocycles. The van der Waals surface area contributed by atoms with Crippen molar-refractivity contribution < 1.29 is 3.76 Å². The summed E-state index contributed by atoms with van der Waals surface area (Å²) in [5.74, 6) is 0. The molecule has 0 amide bonds. The number of hydrogen-bond donors (Lipinski definition) is 0. The summed E-state index contributed by atoms with van der Waals surface area (Å²) in [6, 6.07) is 23.0. The van der Waals surface area contributed by atoms with Gasteiger partial charge in [-0.3, -0.25) is 0 Å². The van der Waals surface area contributed by atoms with Gasteiger partial charge in [0.05, 0.1) is 0 Å². The van der Waals surface area contributed by atoms with Crippen molar-refractivity contribution in [1.29, 1.82) is 0 Å². The van der Waals surface area contributed by atoms with E-state index >= 15 is 0 Å². The van der Waals surface area contributed by atoms with Crippen LogP contribution in [0.4, 0.5) is 0 Å². The fraction of sp³-hybridized carbons (Fsp3) is 0.556. The topological polar surface area (TPSA) is 9.23 Å².